The molecule has 0 amide bonds. The minimum Gasteiger partial charge on any atom is -0.511 e. The fourth-order valence-electron chi connectivity index (χ4n) is 3.52. The minimum absolute atomic E-state index is 0.00110. The van der Waals surface area contributed by atoms with Crippen LogP contribution in [0.3, 0.4) is 0 Å². The zero-order valence-electron chi connectivity index (χ0n) is 15.2. The van der Waals surface area contributed by atoms with E-state index in [1.54, 1.807) is 0 Å². The summed E-state index contributed by atoms with van der Waals surface area (Å²) in [6.45, 7) is 6.16. The smallest absolute Gasteiger partial charge is 0.168 e. The van der Waals surface area contributed by atoms with Crippen molar-refractivity contribution >= 4 is 28.0 Å². The number of aliphatic hydroxyl groups excluding tert-OH is 1. The highest BCUT2D eigenvalue weighted by atomic mass is 16.3. The maximum Gasteiger partial charge on any atom is 0.168 e. The van der Waals surface area contributed by atoms with Crippen LogP contribution in [0.1, 0.15) is 46.5 Å². The van der Waals surface area contributed by atoms with Crippen LogP contribution in [0.15, 0.2) is 58.8 Å². The first kappa shape index (κ1) is 17.4. The van der Waals surface area contributed by atoms with E-state index in [0.29, 0.717) is 30.5 Å². The lowest BCUT2D eigenvalue weighted by Gasteiger charge is -2.31. The molecule has 1 aliphatic rings. The third-order valence-corrected chi connectivity index (χ3v) is 4.65. The molecule has 0 radical (unpaired) electrons. The van der Waals surface area contributed by atoms with Crippen molar-refractivity contribution in [3.63, 3.8) is 0 Å². The van der Waals surface area contributed by atoms with Gasteiger partial charge in [-0.25, -0.2) is 0 Å². The predicted octanol–water partition coefficient (Wildman–Crippen LogP) is 5.91. The molecule has 0 aromatic heterocycles. The summed E-state index contributed by atoms with van der Waals surface area (Å²) in [6, 6.07) is 14.1. The Morgan fingerprint density at radius 2 is 1.84 bits per heavy atom. The van der Waals surface area contributed by atoms with Crippen LogP contribution in [0.5, 0.6) is 0 Å². The number of hydrogen-bond acceptors (Lipinski definition) is 3. The number of carbonyl (C=O) groups excluding carboxylic acids is 1. The quantitative estimate of drug-likeness (QED) is 0.559. The number of aliphatic hydroxyl groups is 1. The standard InChI is InChI=1S/C22H25NO2/c1-4-8-19(24)21-18(13-22(2,3)14-20(21)25)23-17-12-7-10-15-9-5-6-11-16(15)17/h5-7,9-12,24H,4,8,13-14H2,1-3H3/b21-19+,23-18?. The summed E-state index contributed by atoms with van der Waals surface area (Å²) in [7, 11) is 0. The number of fused-ring (bicyclic) bond motifs is 1. The maximum absolute atomic E-state index is 12.7. The number of benzene rings is 2. The van der Waals surface area contributed by atoms with Gasteiger partial charge in [0, 0.05) is 18.2 Å². The monoisotopic (exact) mass is 335 g/mol. The topological polar surface area (TPSA) is 49.7 Å². The summed E-state index contributed by atoms with van der Waals surface area (Å²) in [5.74, 6) is 0.183. The molecule has 0 unspecified atom stereocenters. The molecular formula is C22H25NO2. The zero-order valence-corrected chi connectivity index (χ0v) is 15.2. The summed E-state index contributed by atoms with van der Waals surface area (Å²) < 4.78 is 0. The Labute approximate surface area is 149 Å². The molecule has 0 saturated heterocycles. The van der Waals surface area contributed by atoms with Crippen LogP contribution in [-0.4, -0.2) is 16.6 Å². The van der Waals surface area contributed by atoms with Gasteiger partial charge in [0.2, 0.25) is 0 Å². The van der Waals surface area contributed by atoms with Gasteiger partial charge < -0.3 is 5.11 Å². The lowest BCUT2D eigenvalue weighted by molar-refractivity contribution is -0.117. The number of carbonyl (C=O) groups is 1. The highest BCUT2D eigenvalue weighted by Gasteiger charge is 2.36. The Morgan fingerprint density at radius 3 is 2.60 bits per heavy atom. The van der Waals surface area contributed by atoms with Gasteiger partial charge in [0.1, 0.15) is 5.76 Å². The van der Waals surface area contributed by atoms with Gasteiger partial charge in [-0.15, -0.1) is 0 Å². The first-order chi connectivity index (χ1) is 11.9. The predicted molar refractivity (Wildman–Crippen MR) is 104 cm³/mol. The van der Waals surface area contributed by atoms with Crippen molar-refractivity contribution in [1.82, 2.24) is 0 Å². The van der Waals surface area contributed by atoms with Crippen LogP contribution in [-0.2, 0) is 4.79 Å². The van der Waals surface area contributed by atoms with E-state index >= 15 is 0 Å². The van der Waals surface area contributed by atoms with E-state index in [2.05, 4.69) is 26.0 Å². The molecule has 0 atom stereocenters. The van der Waals surface area contributed by atoms with E-state index < -0.39 is 0 Å². The highest BCUT2D eigenvalue weighted by molar-refractivity contribution is 6.25. The number of rotatable bonds is 3. The molecule has 1 saturated carbocycles. The van der Waals surface area contributed by atoms with Gasteiger partial charge in [0.05, 0.1) is 17.0 Å². The van der Waals surface area contributed by atoms with Gasteiger partial charge in [0.25, 0.3) is 0 Å². The molecule has 1 fully saturated rings. The molecule has 2 aromatic rings. The SMILES string of the molecule is CCC/C(O)=C1\C(=O)CC(C)(C)CC1=Nc1cccc2ccccc12. The number of ketones is 1. The molecule has 2 aromatic carbocycles. The number of nitrogens with zero attached hydrogens (tertiary/aromatic N) is 1. The molecule has 0 spiro atoms. The molecule has 130 valence electrons. The first-order valence-electron chi connectivity index (χ1n) is 8.92. The lowest BCUT2D eigenvalue weighted by atomic mass is 9.73. The summed E-state index contributed by atoms with van der Waals surface area (Å²) in [5, 5.41) is 12.6. The van der Waals surface area contributed by atoms with E-state index in [-0.39, 0.29) is 17.0 Å². The van der Waals surface area contributed by atoms with E-state index in [0.717, 1.165) is 22.9 Å². The molecule has 3 rings (SSSR count). The minimum atomic E-state index is -0.142. The van der Waals surface area contributed by atoms with Crippen molar-refractivity contribution < 1.29 is 9.90 Å². The van der Waals surface area contributed by atoms with Crippen molar-refractivity contribution in [3.8, 4) is 0 Å². The molecule has 0 heterocycles. The number of allylic oxidation sites excluding steroid dienone is 2. The summed E-state index contributed by atoms with van der Waals surface area (Å²) >= 11 is 0. The second-order valence-electron chi connectivity index (χ2n) is 7.57. The van der Waals surface area contributed by atoms with Gasteiger partial charge in [-0.05, 0) is 29.7 Å². The second kappa shape index (κ2) is 6.83. The number of aliphatic imine (C=N–C) groups is 1. The van der Waals surface area contributed by atoms with Crippen LogP contribution in [0.4, 0.5) is 5.69 Å². The van der Waals surface area contributed by atoms with Crippen LogP contribution in [0.2, 0.25) is 0 Å². The van der Waals surface area contributed by atoms with Gasteiger partial charge >= 0.3 is 0 Å². The summed E-state index contributed by atoms with van der Waals surface area (Å²) in [6.07, 6.45) is 2.44. The largest absolute Gasteiger partial charge is 0.511 e. The Kier molecular flexibility index (Phi) is 4.76. The number of Topliss-reactive ketones (excluding diaryl/α,β-unsaturated/α-hetero) is 1. The molecule has 1 N–H and O–H groups in total. The zero-order chi connectivity index (χ0) is 18.0. The second-order valence-corrected chi connectivity index (χ2v) is 7.57. The Balaban J connectivity index is 2.17. The fraction of sp³-hybridized carbons (Fsp3) is 0.364. The van der Waals surface area contributed by atoms with Gasteiger partial charge in [0.15, 0.2) is 5.78 Å². The van der Waals surface area contributed by atoms with Crippen molar-refractivity contribution in [1.29, 1.82) is 0 Å². The average molecular weight is 335 g/mol. The molecule has 0 bridgehead atoms. The molecular weight excluding hydrogens is 310 g/mol. The van der Waals surface area contributed by atoms with E-state index in [9.17, 15) is 9.90 Å². The van der Waals surface area contributed by atoms with Crippen LogP contribution < -0.4 is 0 Å². The van der Waals surface area contributed by atoms with Crippen molar-refractivity contribution in [2.24, 2.45) is 10.4 Å². The van der Waals surface area contributed by atoms with Crippen molar-refractivity contribution in [2.45, 2.75) is 46.5 Å². The molecule has 3 heteroatoms. The Morgan fingerprint density at radius 1 is 1.12 bits per heavy atom. The molecule has 25 heavy (non-hydrogen) atoms. The Hall–Kier alpha value is -2.42. The number of hydrogen-bond donors (Lipinski definition) is 1. The van der Waals surface area contributed by atoms with Gasteiger partial charge in [-0.2, -0.15) is 0 Å². The van der Waals surface area contributed by atoms with Crippen LogP contribution in [0, 0.1) is 5.41 Å². The van der Waals surface area contributed by atoms with Gasteiger partial charge in [-0.3, -0.25) is 9.79 Å². The van der Waals surface area contributed by atoms with Crippen LogP contribution >= 0.6 is 0 Å². The third kappa shape index (κ3) is 3.65. The first-order valence-corrected chi connectivity index (χ1v) is 8.92. The highest BCUT2D eigenvalue weighted by Crippen LogP contribution is 2.37. The summed E-state index contributed by atoms with van der Waals surface area (Å²) in [5.41, 5.74) is 1.86. The van der Waals surface area contributed by atoms with E-state index in [1.165, 1.54) is 0 Å². The lowest BCUT2D eigenvalue weighted by Crippen LogP contribution is -2.32. The Bertz CT molecular complexity index is 869. The average Bonchev–Trinajstić information content (AvgIpc) is 2.54. The van der Waals surface area contributed by atoms with Gasteiger partial charge in [-0.1, -0.05) is 57.2 Å². The van der Waals surface area contributed by atoms with Crippen molar-refractivity contribution in [2.75, 3.05) is 0 Å². The third-order valence-electron chi connectivity index (χ3n) is 4.65. The molecule has 3 nitrogen and oxygen atoms in total. The van der Waals surface area contributed by atoms with E-state index in [4.69, 9.17) is 4.99 Å². The summed E-state index contributed by atoms with van der Waals surface area (Å²) in [4.78, 5) is 17.5. The van der Waals surface area contributed by atoms with Crippen LogP contribution in [0.25, 0.3) is 10.8 Å². The van der Waals surface area contributed by atoms with E-state index in [1.807, 2.05) is 37.3 Å². The molecule has 1 aliphatic carbocycles. The molecule has 0 aliphatic heterocycles. The normalized spacial score (nSPS) is 20.9. The van der Waals surface area contributed by atoms with Crippen molar-refractivity contribution in [3.05, 3.63) is 53.8 Å². The fourth-order valence-corrected chi connectivity index (χ4v) is 3.52. The maximum atomic E-state index is 12.7.